The fourth-order valence-corrected chi connectivity index (χ4v) is 1.74. The summed E-state index contributed by atoms with van der Waals surface area (Å²) >= 11 is 1.39. The van der Waals surface area contributed by atoms with E-state index in [0.29, 0.717) is 24.5 Å². The summed E-state index contributed by atoms with van der Waals surface area (Å²) < 4.78 is 0. The van der Waals surface area contributed by atoms with Crippen LogP contribution in [-0.4, -0.2) is 38.5 Å². The summed E-state index contributed by atoms with van der Waals surface area (Å²) in [5, 5.41) is 9.98. The summed E-state index contributed by atoms with van der Waals surface area (Å²) in [5.74, 6) is -0.175. The first-order valence-corrected chi connectivity index (χ1v) is 5.85. The maximum absolute atomic E-state index is 11.5. The van der Waals surface area contributed by atoms with Crippen molar-refractivity contribution < 1.29 is 9.59 Å². The third-order valence-corrected chi connectivity index (χ3v) is 2.68. The van der Waals surface area contributed by atoms with Gasteiger partial charge in [0.15, 0.2) is 0 Å². The molecule has 1 heterocycles. The Bertz CT molecular complexity index is 343. The van der Waals surface area contributed by atoms with Gasteiger partial charge in [-0.25, -0.2) is 0 Å². The molecule has 1 aromatic heterocycles. The lowest BCUT2D eigenvalue weighted by atomic mass is 10.4. The van der Waals surface area contributed by atoms with Gasteiger partial charge in [-0.2, -0.15) is 0 Å². The minimum atomic E-state index is -0.0992. The van der Waals surface area contributed by atoms with E-state index in [-0.39, 0.29) is 24.2 Å². The number of carbonyl (C=O) groups excluding carboxylic acids is 2. The molecular weight excluding hydrogens is 262 g/mol. The van der Waals surface area contributed by atoms with Crippen LogP contribution in [0, 0.1) is 0 Å². The SMILES string of the molecule is CNCC(=O)NCCNC(=O)c1cccs1.Cl. The van der Waals surface area contributed by atoms with Gasteiger partial charge in [-0.15, -0.1) is 23.7 Å². The quantitative estimate of drug-likeness (QED) is 0.652. The maximum Gasteiger partial charge on any atom is 0.261 e. The minimum Gasteiger partial charge on any atom is -0.353 e. The zero-order valence-electron chi connectivity index (χ0n) is 9.49. The van der Waals surface area contributed by atoms with Crippen molar-refractivity contribution in [2.75, 3.05) is 26.7 Å². The number of hydrogen-bond acceptors (Lipinski definition) is 4. The molecule has 0 saturated heterocycles. The predicted molar refractivity (Wildman–Crippen MR) is 70.8 cm³/mol. The first-order valence-electron chi connectivity index (χ1n) is 4.97. The molecule has 0 aliphatic rings. The number of rotatable bonds is 6. The van der Waals surface area contributed by atoms with E-state index in [2.05, 4.69) is 16.0 Å². The molecule has 0 aliphatic carbocycles. The van der Waals surface area contributed by atoms with Crippen molar-refractivity contribution in [2.45, 2.75) is 0 Å². The molecule has 0 unspecified atom stereocenters. The van der Waals surface area contributed by atoms with Crippen LogP contribution >= 0.6 is 23.7 Å². The Morgan fingerprint density at radius 2 is 2.00 bits per heavy atom. The second-order valence-electron chi connectivity index (χ2n) is 3.11. The van der Waals surface area contributed by atoms with Gasteiger partial charge >= 0.3 is 0 Å². The second kappa shape index (κ2) is 8.98. The highest BCUT2D eigenvalue weighted by molar-refractivity contribution is 7.12. The van der Waals surface area contributed by atoms with Gasteiger partial charge < -0.3 is 16.0 Å². The molecule has 0 fully saturated rings. The van der Waals surface area contributed by atoms with E-state index in [1.165, 1.54) is 11.3 Å². The Morgan fingerprint density at radius 3 is 2.59 bits per heavy atom. The number of amides is 2. The van der Waals surface area contributed by atoms with Crippen molar-refractivity contribution in [1.29, 1.82) is 0 Å². The van der Waals surface area contributed by atoms with Gasteiger partial charge in [0.05, 0.1) is 11.4 Å². The van der Waals surface area contributed by atoms with Crippen LogP contribution in [0.15, 0.2) is 17.5 Å². The smallest absolute Gasteiger partial charge is 0.261 e. The lowest BCUT2D eigenvalue weighted by molar-refractivity contribution is -0.120. The van der Waals surface area contributed by atoms with Gasteiger partial charge in [-0.1, -0.05) is 6.07 Å². The van der Waals surface area contributed by atoms with Crippen LogP contribution in [0.4, 0.5) is 0 Å². The molecular formula is C10H16ClN3O2S. The molecule has 3 N–H and O–H groups in total. The zero-order chi connectivity index (χ0) is 11.8. The Balaban J connectivity index is 0.00000256. The zero-order valence-corrected chi connectivity index (χ0v) is 11.1. The lowest BCUT2D eigenvalue weighted by Crippen LogP contribution is -2.38. The monoisotopic (exact) mass is 277 g/mol. The number of thiophene rings is 1. The van der Waals surface area contributed by atoms with E-state index in [9.17, 15) is 9.59 Å². The molecule has 0 bridgehead atoms. The summed E-state index contributed by atoms with van der Waals surface area (Å²) in [4.78, 5) is 23.2. The highest BCUT2D eigenvalue weighted by Crippen LogP contribution is 2.07. The molecule has 0 atom stereocenters. The summed E-state index contributed by atoms with van der Waals surface area (Å²) in [6, 6.07) is 3.59. The van der Waals surface area contributed by atoms with Gasteiger partial charge in [-0.05, 0) is 18.5 Å². The van der Waals surface area contributed by atoms with Gasteiger partial charge in [0.25, 0.3) is 5.91 Å². The van der Waals surface area contributed by atoms with E-state index >= 15 is 0 Å². The fourth-order valence-electron chi connectivity index (χ4n) is 1.10. The number of nitrogens with one attached hydrogen (secondary N) is 3. The van der Waals surface area contributed by atoms with Crippen molar-refractivity contribution in [3.05, 3.63) is 22.4 Å². The summed E-state index contributed by atoms with van der Waals surface area (Å²) in [5.41, 5.74) is 0. The van der Waals surface area contributed by atoms with Crippen LogP contribution < -0.4 is 16.0 Å². The summed E-state index contributed by atoms with van der Waals surface area (Å²) in [7, 11) is 1.71. The average Bonchev–Trinajstić information content (AvgIpc) is 2.78. The Labute approximate surface area is 110 Å². The largest absolute Gasteiger partial charge is 0.353 e. The van der Waals surface area contributed by atoms with Gasteiger partial charge in [0.1, 0.15) is 0 Å². The molecule has 0 aliphatic heterocycles. The van der Waals surface area contributed by atoms with Gasteiger partial charge in [-0.3, -0.25) is 9.59 Å². The van der Waals surface area contributed by atoms with E-state index in [0.717, 1.165) is 0 Å². The first kappa shape index (κ1) is 15.9. The molecule has 2 amide bonds. The molecule has 5 nitrogen and oxygen atoms in total. The Hall–Kier alpha value is -1.11. The van der Waals surface area contributed by atoms with Crippen LogP contribution in [0.25, 0.3) is 0 Å². The molecule has 1 rings (SSSR count). The molecule has 17 heavy (non-hydrogen) atoms. The average molecular weight is 278 g/mol. The van der Waals surface area contributed by atoms with Crippen molar-refractivity contribution in [2.24, 2.45) is 0 Å². The number of hydrogen-bond donors (Lipinski definition) is 3. The third kappa shape index (κ3) is 6.25. The number of likely N-dealkylation sites (N-methyl/N-ethyl adjacent to an activating group) is 1. The van der Waals surface area contributed by atoms with E-state index in [4.69, 9.17) is 0 Å². The molecule has 0 radical (unpaired) electrons. The number of halogens is 1. The van der Waals surface area contributed by atoms with E-state index < -0.39 is 0 Å². The normalized spacial score (nSPS) is 9.24. The molecule has 1 aromatic rings. The number of carbonyl (C=O) groups is 2. The molecule has 0 aromatic carbocycles. The second-order valence-corrected chi connectivity index (χ2v) is 4.06. The summed E-state index contributed by atoms with van der Waals surface area (Å²) in [6.45, 7) is 1.17. The molecule has 0 spiro atoms. The van der Waals surface area contributed by atoms with Crippen LogP contribution in [0.2, 0.25) is 0 Å². The highest BCUT2D eigenvalue weighted by Gasteiger charge is 2.04. The predicted octanol–water partition coefficient (Wildman–Crippen LogP) is 0.235. The van der Waals surface area contributed by atoms with Crippen LogP contribution in [0.1, 0.15) is 9.67 Å². The van der Waals surface area contributed by atoms with Crippen LogP contribution in [0.5, 0.6) is 0 Å². The fraction of sp³-hybridized carbons (Fsp3) is 0.400. The highest BCUT2D eigenvalue weighted by atomic mass is 35.5. The maximum atomic E-state index is 11.5. The van der Waals surface area contributed by atoms with Crippen LogP contribution in [0.3, 0.4) is 0 Å². The van der Waals surface area contributed by atoms with Gasteiger partial charge in [0, 0.05) is 13.1 Å². The van der Waals surface area contributed by atoms with E-state index in [1.54, 1.807) is 13.1 Å². The standard InChI is InChI=1S/C10H15N3O2S.ClH/c1-11-7-9(14)12-4-5-13-10(15)8-3-2-6-16-8;/h2-3,6,11H,4-5,7H2,1H3,(H,12,14)(H,13,15);1H. The Kier molecular flexibility index (Phi) is 8.39. The Morgan fingerprint density at radius 1 is 1.29 bits per heavy atom. The van der Waals surface area contributed by atoms with Crippen molar-refractivity contribution in [3.8, 4) is 0 Å². The van der Waals surface area contributed by atoms with Crippen molar-refractivity contribution in [3.63, 3.8) is 0 Å². The molecule has 0 saturated carbocycles. The first-order chi connectivity index (χ1) is 7.74. The van der Waals surface area contributed by atoms with Gasteiger partial charge in [0.2, 0.25) is 5.91 Å². The topological polar surface area (TPSA) is 70.2 Å². The van der Waals surface area contributed by atoms with E-state index in [1.807, 2.05) is 11.4 Å². The van der Waals surface area contributed by atoms with Crippen molar-refractivity contribution >= 4 is 35.6 Å². The van der Waals surface area contributed by atoms with Crippen molar-refractivity contribution in [1.82, 2.24) is 16.0 Å². The minimum absolute atomic E-state index is 0. The molecule has 96 valence electrons. The van der Waals surface area contributed by atoms with Crippen LogP contribution in [-0.2, 0) is 4.79 Å². The molecule has 7 heteroatoms. The summed E-state index contributed by atoms with van der Waals surface area (Å²) in [6.07, 6.45) is 0. The third-order valence-electron chi connectivity index (χ3n) is 1.82. The lowest BCUT2D eigenvalue weighted by Gasteiger charge is -2.05.